The van der Waals surface area contributed by atoms with E-state index in [-0.39, 0.29) is 19.3 Å². The predicted octanol–water partition coefficient (Wildman–Crippen LogP) is 2.74. The molecule has 0 radical (unpaired) electrons. The Bertz CT molecular complexity index is 402. The SMILES string of the molecule is CC(F)(F)C(F)(F)C(F)(F)C(=O)OC(=O)CCCCC=O. The van der Waals surface area contributed by atoms with Gasteiger partial charge in [0.1, 0.15) is 6.29 Å². The monoisotopic (exact) mass is 322 g/mol. The van der Waals surface area contributed by atoms with E-state index in [1.54, 1.807) is 0 Å². The quantitative estimate of drug-likeness (QED) is 0.227. The Hall–Kier alpha value is -1.61. The number of ether oxygens (including phenoxy) is 1. The zero-order chi connectivity index (χ0) is 16.9. The summed E-state index contributed by atoms with van der Waals surface area (Å²) in [6.45, 7) is -0.491. The molecule has 0 rings (SSSR count). The van der Waals surface area contributed by atoms with Crippen LogP contribution in [-0.2, 0) is 19.1 Å². The van der Waals surface area contributed by atoms with Crippen LogP contribution < -0.4 is 0 Å². The second-order valence-electron chi connectivity index (χ2n) is 4.21. The number of carbonyl (C=O) groups excluding carboxylic acids is 3. The third-order valence-electron chi connectivity index (χ3n) is 2.36. The Labute approximate surface area is 115 Å². The summed E-state index contributed by atoms with van der Waals surface area (Å²) in [5.74, 6) is -21.7. The van der Waals surface area contributed by atoms with Gasteiger partial charge in [-0.15, -0.1) is 0 Å². The Balaban J connectivity index is 4.70. The molecular formula is C11H12F6O4. The van der Waals surface area contributed by atoms with Gasteiger partial charge in [-0.2, -0.15) is 26.3 Å². The molecule has 0 N–H and O–H groups in total. The fourth-order valence-corrected chi connectivity index (χ4v) is 1.12. The van der Waals surface area contributed by atoms with Crippen LogP contribution in [0.1, 0.15) is 32.6 Å². The minimum absolute atomic E-state index is 0.0171. The predicted molar refractivity (Wildman–Crippen MR) is 56.1 cm³/mol. The van der Waals surface area contributed by atoms with Gasteiger partial charge in [0.25, 0.3) is 0 Å². The Kier molecular flexibility index (Phi) is 6.37. The highest BCUT2D eigenvalue weighted by atomic mass is 19.3. The molecule has 0 aromatic rings. The van der Waals surface area contributed by atoms with E-state index in [2.05, 4.69) is 4.74 Å². The van der Waals surface area contributed by atoms with E-state index in [1.807, 2.05) is 0 Å². The second kappa shape index (κ2) is 6.90. The maximum Gasteiger partial charge on any atom is 0.411 e. The standard InChI is InChI=1S/C11H12F6O4/c1-9(12,13)11(16,17)10(14,15)8(20)21-7(19)5-3-2-4-6-18/h6H,2-5H2,1H3. The van der Waals surface area contributed by atoms with Gasteiger partial charge in [0, 0.05) is 19.8 Å². The number of hydrogen-bond donors (Lipinski definition) is 0. The molecule has 0 aromatic heterocycles. The highest BCUT2D eigenvalue weighted by Crippen LogP contribution is 2.45. The fraction of sp³-hybridized carbons (Fsp3) is 0.727. The maximum atomic E-state index is 13.0. The summed E-state index contributed by atoms with van der Waals surface area (Å²) in [6, 6.07) is 0. The fourth-order valence-electron chi connectivity index (χ4n) is 1.12. The molecule has 0 unspecified atom stereocenters. The number of hydrogen-bond acceptors (Lipinski definition) is 4. The van der Waals surface area contributed by atoms with Gasteiger partial charge in [0.2, 0.25) is 0 Å². The number of esters is 2. The summed E-state index contributed by atoms with van der Waals surface area (Å²) < 4.78 is 79.9. The Morgan fingerprint density at radius 2 is 1.57 bits per heavy atom. The molecular weight excluding hydrogens is 310 g/mol. The van der Waals surface area contributed by atoms with Crippen molar-refractivity contribution in [2.24, 2.45) is 0 Å². The van der Waals surface area contributed by atoms with Crippen LogP contribution in [0.4, 0.5) is 26.3 Å². The molecule has 0 aliphatic rings. The zero-order valence-electron chi connectivity index (χ0n) is 10.8. The zero-order valence-corrected chi connectivity index (χ0v) is 10.8. The molecule has 0 saturated heterocycles. The number of rotatable bonds is 8. The van der Waals surface area contributed by atoms with E-state index in [1.165, 1.54) is 0 Å². The van der Waals surface area contributed by atoms with Crippen LogP contribution in [0.25, 0.3) is 0 Å². The first-order valence-electron chi connectivity index (χ1n) is 5.70. The van der Waals surface area contributed by atoms with Crippen LogP contribution >= 0.6 is 0 Å². The number of unbranched alkanes of at least 4 members (excludes halogenated alkanes) is 2. The van der Waals surface area contributed by atoms with Crippen LogP contribution in [0.2, 0.25) is 0 Å². The third-order valence-corrected chi connectivity index (χ3v) is 2.36. The number of halogens is 6. The van der Waals surface area contributed by atoms with Crippen LogP contribution in [0.15, 0.2) is 0 Å². The van der Waals surface area contributed by atoms with E-state index < -0.39 is 43.1 Å². The van der Waals surface area contributed by atoms with E-state index >= 15 is 0 Å². The molecule has 4 nitrogen and oxygen atoms in total. The van der Waals surface area contributed by atoms with Crippen molar-refractivity contribution in [3.63, 3.8) is 0 Å². The summed E-state index contributed by atoms with van der Waals surface area (Å²) in [6.07, 6.45) is 0.166. The van der Waals surface area contributed by atoms with E-state index in [0.29, 0.717) is 6.29 Å². The van der Waals surface area contributed by atoms with Crippen molar-refractivity contribution in [1.82, 2.24) is 0 Å². The largest absolute Gasteiger partial charge is 0.411 e. The first-order valence-corrected chi connectivity index (χ1v) is 5.70. The number of carbonyl (C=O) groups is 3. The molecule has 0 saturated carbocycles. The lowest BCUT2D eigenvalue weighted by atomic mass is 10.1. The van der Waals surface area contributed by atoms with Gasteiger partial charge in [-0.05, 0) is 12.8 Å². The summed E-state index contributed by atoms with van der Waals surface area (Å²) in [7, 11) is 0. The topological polar surface area (TPSA) is 60.4 Å². The molecule has 0 spiro atoms. The Morgan fingerprint density at radius 3 is 2.00 bits per heavy atom. The van der Waals surface area contributed by atoms with Crippen molar-refractivity contribution >= 4 is 18.2 Å². The van der Waals surface area contributed by atoms with Crippen LogP contribution in [0, 0.1) is 0 Å². The lowest BCUT2D eigenvalue weighted by Gasteiger charge is -2.28. The van der Waals surface area contributed by atoms with Crippen molar-refractivity contribution in [1.29, 1.82) is 0 Å². The maximum absolute atomic E-state index is 13.0. The molecule has 0 aliphatic carbocycles. The number of alkyl halides is 6. The molecule has 0 fully saturated rings. The number of aldehydes is 1. The summed E-state index contributed by atoms with van der Waals surface area (Å²) in [4.78, 5) is 31.7. The molecule has 21 heavy (non-hydrogen) atoms. The second-order valence-corrected chi connectivity index (χ2v) is 4.21. The van der Waals surface area contributed by atoms with Gasteiger partial charge in [-0.1, -0.05) is 0 Å². The summed E-state index contributed by atoms with van der Waals surface area (Å²) in [5.41, 5.74) is 0. The highest BCUT2D eigenvalue weighted by molar-refractivity contribution is 5.90. The molecule has 0 heterocycles. The smallest absolute Gasteiger partial charge is 0.388 e. The lowest BCUT2D eigenvalue weighted by Crippen LogP contribution is -2.57. The van der Waals surface area contributed by atoms with E-state index in [9.17, 15) is 40.7 Å². The Morgan fingerprint density at radius 1 is 1.05 bits per heavy atom. The first kappa shape index (κ1) is 19.4. The van der Waals surface area contributed by atoms with Crippen molar-refractivity contribution in [2.45, 2.75) is 50.4 Å². The highest BCUT2D eigenvalue weighted by Gasteiger charge is 2.74. The lowest BCUT2D eigenvalue weighted by molar-refractivity contribution is -0.298. The third kappa shape index (κ3) is 4.71. The molecule has 0 aliphatic heterocycles. The molecule has 0 atom stereocenters. The van der Waals surface area contributed by atoms with Gasteiger partial charge in [0.05, 0.1) is 0 Å². The van der Waals surface area contributed by atoms with Crippen molar-refractivity contribution < 1.29 is 45.5 Å². The summed E-state index contributed by atoms with van der Waals surface area (Å²) >= 11 is 0. The molecule has 10 heteroatoms. The summed E-state index contributed by atoms with van der Waals surface area (Å²) in [5, 5.41) is 0. The van der Waals surface area contributed by atoms with Crippen LogP contribution in [0.3, 0.4) is 0 Å². The van der Waals surface area contributed by atoms with Gasteiger partial charge >= 0.3 is 29.7 Å². The van der Waals surface area contributed by atoms with Gasteiger partial charge in [-0.3, -0.25) is 4.79 Å². The molecule has 0 bridgehead atoms. The van der Waals surface area contributed by atoms with Gasteiger partial charge < -0.3 is 9.53 Å². The van der Waals surface area contributed by atoms with E-state index in [0.717, 1.165) is 0 Å². The average molecular weight is 322 g/mol. The molecule has 0 aromatic carbocycles. The minimum atomic E-state index is -6.01. The van der Waals surface area contributed by atoms with Gasteiger partial charge in [0.15, 0.2) is 0 Å². The minimum Gasteiger partial charge on any atom is -0.388 e. The van der Waals surface area contributed by atoms with Gasteiger partial charge in [-0.25, -0.2) is 4.79 Å². The van der Waals surface area contributed by atoms with Crippen molar-refractivity contribution in [3.8, 4) is 0 Å². The van der Waals surface area contributed by atoms with Crippen molar-refractivity contribution in [2.75, 3.05) is 0 Å². The average Bonchev–Trinajstić information content (AvgIpc) is 2.32. The van der Waals surface area contributed by atoms with Crippen molar-refractivity contribution in [3.05, 3.63) is 0 Å². The van der Waals surface area contributed by atoms with E-state index in [4.69, 9.17) is 0 Å². The van der Waals surface area contributed by atoms with Crippen LogP contribution in [0.5, 0.6) is 0 Å². The molecule has 0 amide bonds. The first-order chi connectivity index (χ1) is 9.38. The van der Waals surface area contributed by atoms with Crippen LogP contribution in [-0.4, -0.2) is 36.0 Å². The molecule has 122 valence electrons. The normalized spacial score (nSPS) is 12.9.